The van der Waals surface area contributed by atoms with Crippen LogP contribution in [0.3, 0.4) is 0 Å². The van der Waals surface area contributed by atoms with Crippen LogP contribution in [0.25, 0.3) is 0 Å². The first-order valence-electron chi connectivity index (χ1n) is 8.51. The van der Waals surface area contributed by atoms with Gasteiger partial charge < -0.3 is 14.7 Å². The van der Waals surface area contributed by atoms with E-state index in [0.717, 1.165) is 24.8 Å². The molecule has 1 amide bonds. The third kappa shape index (κ3) is 4.66. The number of amides is 1. The van der Waals surface area contributed by atoms with E-state index in [2.05, 4.69) is 0 Å². The molecule has 1 aromatic rings. The van der Waals surface area contributed by atoms with Gasteiger partial charge in [-0.3, -0.25) is 9.59 Å². The Kier molecular flexibility index (Phi) is 5.87. The van der Waals surface area contributed by atoms with Crippen molar-refractivity contribution in [1.82, 2.24) is 4.90 Å². The van der Waals surface area contributed by atoms with Gasteiger partial charge >= 0.3 is 5.97 Å². The Hall–Kier alpha value is -1.30. The van der Waals surface area contributed by atoms with E-state index < -0.39 is 5.97 Å². The lowest BCUT2D eigenvalue weighted by molar-refractivity contribution is -0.141. The number of ether oxygens (including phenoxy) is 1. The van der Waals surface area contributed by atoms with Gasteiger partial charge in [0.05, 0.1) is 6.42 Å². The molecular formula is C18H21Cl2NO4. The molecule has 3 rings (SSSR count). The van der Waals surface area contributed by atoms with Crippen molar-refractivity contribution in [3.63, 3.8) is 0 Å². The number of halogens is 2. The van der Waals surface area contributed by atoms with Crippen molar-refractivity contribution in [1.29, 1.82) is 0 Å². The summed E-state index contributed by atoms with van der Waals surface area (Å²) >= 11 is 12.1. The summed E-state index contributed by atoms with van der Waals surface area (Å²) in [5, 5.41) is 10.1. The number of hydrogen-bond donors (Lipinski definition) is 1. The zero-order valence-corrected chi connectivity index (χ0v) is 15.3. The van der Waals surface area contributed by atoms with Crippen LogP contribution in [0.4, 0.5) is 0 Å². The number of hydrogen-bond acceptors (Lipinski definition) is 3. The van der Waals surface area contributed by atoms with Gasteiger partial charge in [-0.15, -0.1) is 0 Å². The molecule has 1 saturated carbocycles. The average Bonchev–Trinajstić information content (AvgIpc) is 3.35. The molecule has 0 spiro atoms. The lowest BCUT2D eigenvalue weighted by atomic mass is 10.0. The lowest BCUT2D eigenvalue weighted by Gasteiger charge is -2.34. The maximum Gasteiger partial charge on any atom is 0.305 e. The Bertz CT molecular complexity index is 640. The first kappa shape index (κ1) is 18.5. The van der Waals surface area contributed by atoms with Crippen LogP contribution in [0.15, 0.2) is 18.2 Å². The van der Waals surface area contributed by atoms with Crippen molar-refractivity contribution in [2.45, 2.75) is 37.6 Å². The van der Waals surface area contributed by atoms with Gasteiger partial charge in [0.1, 0.15) is 0 Å². The van der Waals surface area contributed by atoms with Crippen LogP contribution < -0.4 is 0 Å². The number of carbonyl (C=O) groups is 2. The van der Waals surface area contributed by atoms with Gasteiger partial charge in [-0.1, -0.05) is 23.2 Å². The number of carboxylic acid groups (broad SMARTS) is 1. The summed E-state index contributed by atoms with van der Waals surface area (Å²) in [6.45, 7) is 1.47. The van der Waals surface area contributed by atoms with E-state index in [1.54, 1.807) is 11.0 Å². The predicted octanol–water partition coefficient (Wildman–Crippen LogP) is 3.58. The maximum absolute atomic E-state index is 13.0. The van der Waals surface area contributed by atoms with Crippen LogP contribution in [0.1, 0.15) is 37.2 Å². The number of carboxylic acids is 1. The predicted molar refractivity (Wildman–Crippen MR) is 95.1 cm³/mol. The Balaban J connectivity index is 1.70. The smallest absolute Gasteiger partial charge is 0.305 e. The monoisotopic (exact) mass is 385 g/mol. The minimum Gasteiger partial charge on any atom is -0.481 e. The summed E-state index contributed by atoms with van der Waals surface area (Å²) < 4.78 is 5.36. The van der Waals surface area contributed by atoms with Crippen LogP contribution in [-0.4, -0.2) is 47.7 Å². The largest absolute Gasteiger partial charge is 0.481 e. The molecule has 0 unspecified atom stereocenters. The molecule has 1 aromatic carbocycles. The first-order chi connectivity index (χ1) is 12.0. The molecule has 5 nitrogen and oxygen atoms in total. The molecule has 1 aliphatic carbocycles. The fraction of sp³-hybridized carbons (Fsp3) is 0.556. The van der Waals surface area contributed by atoms with E-state index in [9.17, 15) is 9.59 Å². The van der Waals surface area contributed by atoms with E-state index in [1.165, 1.54) is 0 Å². The summed E-state index contributed by atoms with van der Waals surface area (Å²) in [4.78, 5) is 25.7. The normalized spacial score (nSPS) is 23.3. The second-order valence-corrected chi connectivity index (χ2v) is 7.54. The van der Waals surface area contributed by atoms with E-state index >= 15 is 0 Å². The standard InChI is InChI=1S/C18H21Cl2NO4/c19-12-7-11(8-13(20)9-12)15-10-16(15)18(24)21(4-1-17(22)23)14-2-5-25-6-3-14/h7-9,14-16H,1-6,10H2,(H,22,23)/t15-,16+/m1/s1. The molecule has 2 atom stereocenters. The molecule has 136 valence electrons. The summed E-state index contributed by atoms with van der Waals surface area (Å²) in [6, 6.07) is 5.43. The highest BCUT2D eigenvalue weighted by molar-refractivity contribution is 6.34. The molecule has 7 heteroatoms. The maximum atomic E-state index is 13.0. The summed E-state index contributed by atoms with van der Waals surface area (Å²) in [7, 11) is 0. The molecule has 1 N–H and O–H groups in total. The minimum absolute atomic E-state index is 0.0363. The fourth-order valence-electron chi connectivity index (χ4n) is 3.52. The SMILES string of the molecule is O=C(O)CCN(C(=O)[C@H]1C[C@@H]1c1cc(Cl)cc(Cl)c1)C1CCOCC1. The number of benzene rings is 1. The Morgan fingerprint density at radius 1 is 1.16 bits per heavy atom. The van der Waals surface area contributed by atoms with Crippen molar-refractivity contribution in [3.05, 3.63) is 33.8 Å². The summed E-state index contributed by atoms with van der Waals surface area (Å²) in [5.74, 6) is -0.866. The van der Waals surface area contributed by atoms with Gasteiger partial charge in [0.15, 0.2) is 0 Å². The van der Waals surface area contributed by atoms with Crippen LogP contribution in [0.5, 0.6) is 0 Å². The number of rotatable bonds is 6. The molecule has 0 bridgehead atoms. The fourth-order valence-corrected chi connectivity index (χ4v) is 4.07. The van der Waals surface area contributed by atoms with E-state index in [4.69, 9.17) is 33.0 Å². The zero-order chi connectivity index (χ0) is 18.0. The molecule has 1 saturated heterocycles. The molecule has 1 heterocycles. The molecule has 25 heavy (non-hydrogen) atoms. The topological polar surface area (TPSA) is 66.8 Å². The van der Waals surface area contributed by atoms with Gasteiger partial charge in [0.25, 0.3) is 0 Å². The molecule has 2 fully saturated rings. The second-order valence-electron chi connectivity index (χ2n) is 6.67. The third-order valence-electron chi connectivity index (χ3n) is 4.90. The van der Waals surface area contributed by atoms with Gasteiger partial charge in [-0.2, -0.15) is 0 Å². The molecule has 2 aliphatic rings. The van der Waals surface area contributed by atoms with E-state index in [0.29, 0.717) is 23.3 Å². The van der Waals surface area contributed by atoms with Gasteiger partial charge in [0.2, 0.25) is 5.91 Å². The van der Waals surface area contributed by atoms with Gasteiger partial charge in [0, 0.05) is 41.8 Å². The van der Waals surface area contributed by atoms with Crippen LogP contribution >= 0.6 is 23.2 Å². The van der Waals surface area contributed by atoms with E-state index in [1.807, 2.05) is 12.1 Å². The Labute approximate surface area is 156 Å². The molecular weight excluding hydrogens is 365 g/mol. The number of nitrogens with zero attached hydrogens (tertiary/aromatic N) is 1. The highest BCUT2D eigenvalue weighted by atomic mass is 35.5. The molecule has 1 aliphatic heterocycles. The molecule has 0 radical (unpaired) electrons. The Morgan fingerprint density at radius 3 is 2.40 bits per heavy atom. The average molecular weight is 386 g/mol. The van der Waals surface area contributed by atoms with Crippen molar-refractivity contribution in [3.8, 4) is 0 Å². The van der Waals surface area contributed by atoms with E-state index in [-0.39, 0.29) is 36.8 Å². The van der Waals surface area contributed by atoms with Crippen LogP contribution in [-0.2, 0) is 14.3 Å². The first-order valence-corrected chi connectivity index (χ1v) is 9.27. The highest BCUT2D eigenvalue weighted by Crippen LogP contribution is 2.49. The minimum atomic E-state index is -0.890. The van der Waals surface area contributed by atoms with Crippen molar-refractivity contribution >= 4 is 35.1 Å². The number of aliphatic carboxylic acids is 1. The van der Waals surface area contributed by atoms with Gasteiger partial charge in [-0.05, 0) is 48.9 Å². The lowest BCUT2D eigenvalue weighted by Crippen LogP contribution is -2.45. The summed E-state index contributed by atoms with van der Waals surface area (Å²) in [5.41, 5.74) is 0.973. The van der Waals surface area contributed by atoms with Crippen molar-refractivity contribution in [2.24, 2.45) is 5.92 Å². The van der Waals surface area contributed by atoms with Gasteiger partial charge in [-0.25, -0.2) is 0 Å². The van der Waals surface area contributed by atoms with Crippen molar-refractivity contribution in [2.75, 3.05) is 19.8 Å². The Morgan fingerprint density at radius 2 is 1.80 bits per heavy atom. The highest BCUT2D eigenvalue weighted by Gasteiger charge is 2.47. The number of carbonyl (C=O) groups excluding carboxylic acids is 1. The molecule has 0 aromatic heterocycles. The second kappa shape index (κ2) is 7.94. The van der Waals surface area contributed by atoms with Crippen LogP contribution in [0, 0.1) is 5.92 Å². The summed E-state index contributed by atoms with van der Waals surface area (Å²) in [6.07, 6.45) is 2.23. The van der Waals surface area contributed by atoms with Crippen molar-refractivity contribution < 1.29 is 19.4 Å². The third-order valence-corrected chi connectivity index (χ3v) is 5.34. The van der Waals surface area contributed by atoms with Crippen LogP contribution in [0.2, 0.25) is 10.0 Å². The zero-order valence-electron chi connectivity index (χ0n) is 13.8. The quantitative estimate of drug-likeness (QED) is 0.812.